The number of rotatable bonds is 5. The van der Waals surface area contributed by atoms with Crippen molar-refractivity contribution >= 4 is 41.0 Å². The van der Waals surface area contributed by atoms with E-state index in [-0.39, 0.29) is 17.6 Å². The number of piperidine rings is 1. The van der Waals surface area contributed by atoms with Gasteiger partial charge in [0.25, 0.3) is 0 Å². The van der Waals surface area contributed by atoms with Crippen molar-refractivity contribution in [3.63, 3.8) is 0 Å². The number of likely N-dealkylation sites (tertiary alicyclic amines) is 1. The molecule has 28 heavy (non-hydrogen) atoms. The van der Waals surface area contributed by atoms with Crippen LogP contribution in [0.5, 0.6) is 5.75 Å². The molecule has 3 rings (SSSR count). The fraction of sp³-hybridized carbons (Fsp3) is 0.273. The standard InChI is InChI=1S/C22H21Cl2NO3/c1-28-19-7-3-16(4-8-19)22(27)17-10-12-25(13-11-17)21(26)9-5-15-2-6-18(23)14-20(15)24/h2-9,14,17H,10-13H2,1H3. The number of hydrogen-bond donors (Lipinski definition) is 0. The second-order valence-corrected chi connectivity index (χ2v) is 7.54. The van der Waals surface area contributed by atoms with Gasteiger partial charge in [-0.2, -0.15) is 0 Å². The number of hydrogen-bond acceptors (Lipinski definition) is 3. The molecule has 1 aliphatic rings. The maximum Gasteiger partial charge on any atom is 0.246 e. The third kappa shape index (κ3) is 4.94. The number of carbonyl (C=O) groups excluding carboxylic acids is 2. The van der Waals surface area contributed by atoms with Crippen LogP contribution >= 0.6 is 23.2 Å². The van der Waals surface area contributed by atoms with Gasteiger partial charge in [0.1, 0.15) is 5.75 Å². The molecule has 0 radical (unpaired) electrons. The van der Waals surface area contributed by atoms with Crippen molar-refractivity contribution in [3.8, 4) is 5.75 Å². The van der Waals surface area contributed by atoms with Gasteiger partial charge in [0, 0.05) is 40.7 Å². The molecule has 146 valence electrons. The van der Waals surface area contributed by atoms with E-state index in [1.54, 1.807) is 60.6 Å². The molecular weight excluding hydrogens is 397 g/mol. The second kappa shape index (κ2) is 9.26. The number of ketones is 1. The summed E-state index contributed by atoms with van der Waals surface area (Å²) in [5.74, 6) is 0.705. The van der Waals surface area contributed by atoms with Gasteiger partial charge < -0.3 is 9.64 Å². The maximum atomic E-state index is 12.7. The third-order valence-corrected chi connectivity index (χ3v) is 5.48. The van der Waals surface area contributed by atoms with E-state index in [0.29, 0.717) is 41.5 Å². The summed E-state index contributed by atoms with van der Waals surface area (Å²) in [6, 6.07) is 12.3. The summed E-state index contributed by atoms with van der Waals surface area (Å²) < 4.78 is 5.13. The van der Waals surface area contributed by atoms with Gasteiger partial charge in [-0.05, 0) is 60.9 Å². The number of ether oxygens (including phenoxy) is 1. The van der Waals surface area contributed by atoms with E-state index in [9.17, 15) is 9.59 Å². The van der Waals surface area contributed by atoms with Gasteiger partial charge >= 0.3 is 0 Å². The number of halogens is 2. The molecule has 1 amide bonds. The first-order valence-corrected chi connectivity index (χ1v) is 9.84. The minimum atomic E-state index is -0.0821. The SMILES string of the molecule is COc1ccc(C(=O)C2CCN(C(=O)C=Cc3ccc(Cl)cc3Cl)CC2)cc1. The average molecular weight is 418 g/mol. The second-order valence-electron chi connectivity index (χ2n) is 6.69. The summed E-state index contributed by atoms with van der Waals surface area (Å²) in [6.45, 7) is 1.12. The highest BCUT2D eigenvalue weighted by atomic mass is 35.5. The van der Waals surface area contributed by atoms with Crippen LogP contribution in [0.2, 0.25) is 10.0 Å². The third-order valence-electron chi connectivity index (χ3n) is 4.92. The molecule has 1 heterocycles. The van der Waals surface area contributed by atoms with Crippen molar-refractivity contribution < 1.29 is 14.3 Å². The molecule has 0 N–H and O–H groups in total. The molecule has 0 atom stereocenters. The first kappa shape index (κ1) is 20.4. The number of methoxy groups -OCH3 is 1. The van der Waals surface area contributed by atoms with Crippen LogP contribution < -0.4 is 4.74 Å². The Morgan fingerprint density at radius 2 is 1.75 bits per heavy atom. The molecule has 0 bridgehead atoms. The molecule has 0 unspecified atom stereocenters. The fourth-order valence-corrected chi connectivity index (χ4v) is 3.73. The molecule has 0 aliphatic carbocycles. The Kier molecular flexibility index (Phi) is 6.76. The monoisotopic (exact) mass is 417 g/mol. The van der Waals surface area contributed by atoms with Crippen molar-refractivity contribution in [1.82, 2.24) is 4.90 Å². The van der Waals surface area contributed by atoms with Gasteiger partial charge in [0.15, 0.2) is 5.78 Å². The zero-order valence-electron chi connectivity index (χ0n) is 15.5. The molecule has 1 aliphatic heterocycles. The van der Waals surface area contributed by atoms with E-state index in [2.05, 4.69) is 0 Å². The van der Waals surface area contributed by atoms with Crippen molar-refractivity contribution in [3.05, 3.63) is 69.7 Å². The molecule has 1 saturated heterocycles. The highest BCUT2D eigenvalue weighted by Gasteiger charge is 2.27. The Morgan fingerprint density at radius 3 is 2.36 bits per heavy atom. The molecule has 0 aromatic heterocycles. The smallest absolute Gasteiger partial charge is 0.246 e. The number of benzene rings is 2. The minimum absolute atomic E-state index is 0.0628. The van der Waals surface area contributed by atoms with Crippen molar-refractivity contribution in [2.24, 2.45) is 5.92 Å². The lowest BCUT2D eigenvalue weighted by Crippen LogP contribution is -2.39. The lowest BCUT2D eigenvalue weighted by Gasteiger charge is -2.30. The summed E-state index contributed by atoms with van der Waals surface area (Å²) in [5.41, 5.74) is 1.42. The first-order chi connectivity index (χ1) is 13.5. The van der Waals surface area contributed by atoms with Crippen molar-refractivity contribution in [2.45, 2.75) is 12.8 Å². The van der Waals surface area contributed by atoms with Gasteiger partial charge in [-0.15, -0.1) is 0 Å². The van der Waals surface area contributed by atoms with Gasteiger partial charge in [-0.3, -0.25) is 9.59 Å². The van der Waals surface area contributed by atoms with Crippen LogP contribution in [0.3, 0.4) is 0 Å². The van der Waals surface area contributed by atoms with E-state index in [0.717, 1.165) is 11.3 Å². The lowest BCUT2D eigenvalue weighted by molar-refractivity contribution is -0.127. The lowest BCUT2D eigenvalue weighted by atomic mass is 9.89. The number of amides is 1. The zero-order chi connectivity index (χ0) is 20.1. The summed E-state index contributed by atoms with van der Waals surface area (Å²) in [7, 11) is 1.60. The van der Waals surface area contributed by atoms with Crippen LogP contribution in [0.25, 0.3) is 6.08 Å². The van der Waals surface area contributed by atoms with E-state index in [1.165, 1.54) is 6.08 Å². The van der Waals surface area contributed by atoms with Crippen LogP contribution in [0.4, 0.5) is 0 Å². The number of nitrogens with zero attached hydrogens (tertiary/aromatic N) is 1. The maximum absolute atomic E-state index is 12.7. The Labute approximate surface area is 174 Å². The number of carbonyl (C=O) groups is 2. The minimum Gasteiger partial charge on any atom is -0.497 e. The largest absolute Gasteiger partial charge is 0.497 e. The summed E-state index contributed by atoms with van der Waals surface area (Å²) in [6.07, 6.45) is 4.52. The Morgan fingerprint density at radius 1 is 1.07 bits per heavy atom. The quantitative estimate of drug-likeness (QED) is 0.499. The van der Waals surface area contributed by atoms with Gasteiger partial charge in [-0.1, -0.05) is 29.3 Å². The molecule has 0 saturated carbocycles. The number of Topliss-reactive ketones (excluding diaryl/α,β-unsaturated/α-hetero) is 1. The van der Waals surface area contributed by atoms with E-state index < -0.39 is 0 Å². The Balaban J connectivity index is 1.56. The highest BCUT2D eigenvalue weighted by Crippen LogP contribution is 2.24. The topological polar surface area (TPSA) is 46.6 Å². The van der Waals surface area contributed by atoms with Gasteiger partial charge in [0.2, 0.25) is 5.91 Å². The van der Waals surface area contributed by atoms with Crippen molar-refractivity contribution in [1.29, 1.82) is 0 Å². The highest BCUT2D eigenvalue weighted by molar-refractivity contribution is 6.35. The van der Waals surface area contributed by atoms with Crippen LogP contribution in [0.1, 0.15) is 28.8 Å². The fourth-order valence-electron chi connectivity index (χ4n) is 3.26. The summed E-state index contributed by atoms with van der Waals surface area (Å²) in [4.78, 5) is 26.9. The normalized spacial score (nSPS) is 15.0. The molecule has 2 aromatic rings. The predicted molar refractivity (Wildman–Crippen MR) is 112 cm³/mol. The molecule has 1 fully saturated rings. The van der Waals surface area contributed by atoms with Crippen LogP contribution in [0.15, 0.2) is 48.5 Å². The predicted octanol–water partition coefficient (Wildman–Crippen LogP) is 5.14. The van der Waals surface area contributed by atoms with Crippen LogP contribution in [0, 0.1) is 5.92 Å². The van der Waals surface area contributed by atoms with Crippen LogP contribution in [-0.2, 0) is 4.79 Å². The van der Waals surface area contributed by atoms with E-state index in [4.69, 9.17) is 27.9 Å². The molecular formula is C22H21Cl2NO3. The van der Waals surface area contributed by atoms with Gasteiger partial charge in [0.05, 0.1) is 7.11 Å². The molecule has 4 nitrogen and oxygen atoms in total. The molecule has 6 heteroatoms. The first-order valence-electron chi connectivity index (χ1n) is 9.08. The molecule has 2 aromatic carbocycles. The summed E-state index contributed by atoms with van der Waals surface area (Å²) >= 11 is 12.0. The van der Waals surface area contributed by atoms with Crippen LogP contribution in [-0.4, -0.2) is 36.8 Å². The summed E-state index contributed by atoms with van der Waals surface area (Å²) in [5, 5.41) is 1.05. The molecule has 0 spiro atoms. The van der Waals surface area contributed by atoms with E-state index >= 15 is 0 Å². The van der Waals surface area contributed by atoms with E-state index in [1.807, 2.05) is 0 Å². The van der Waals surface area contributed by atoms with Gasteiger partial charge in [-0.25, -0.2) is 0 Å². The Bertz CT molecular complexity index is 885. The average Bonchev–Trinajstić information content (AvgIpc) is 2.72. The zero-order valence-corrected chi connectivity index (χ0v) is 17.0. The Hall–Kier alpha value is -2.30. The van der Waals surface area contributed by atoms with Crippen molar-refractivity contribution in [2.75, 3.05) is 20.2 Å².